The first-order chi connectivity index (χ1) is 9.54. The summed E-state index contributed by atoms with van der Waals surface area (Å²) >= 11 is 0. The molecule has 0 saturated heterocycles. The lowest BCUT2D eigenvalue weighted by Crippen LogP contribution is -2.44. The van der Waals surface area contributed by atoms with Gasteiger partial charge in [0.25, 0.3) is 0 Å². The first-order valence-electron chi connectivity index (χ1n) is 6.10. The highest BCUT2D eigenvalue weighted by molar-refractivity contribution is 5.87. The van der Waals surface area contributed by atoms with Crippen LogP contribution < -0.4 is 16.4 Å². The van der Waals surface area contributed by atoms with Crippen molar-refractivity contribution < 1.29 is 19.4 Å². The number of methoxy groups -OCH3 is 1. The van der Waals surface area contributed by atoms with Crippen LogP contribution in [0.25, 0.3) is 0 Å². The number of benzene rings is 1. The van der Waals surface area contributed by atoms with E-state index in [1.165, 1.54) is 7.11 Å². The molecule has 2 unspecified atom stereocenters. The lowest BCUT2D eigenvalue weighted by atomic mass is 10.1. The van der Waals surface area contributed by atoms with Gasteiger partial charge in [-0.15, -0.1) is 0 Å². The Morgan fingerprint density at radius 2 is 2.00 bits per heavy atom. The number of ether oxygens (including phenoxy) is 1. The van der Waals surface area contributed by atoms with E-state index in [9.17, 15) is 14.7 Å². The summed E-state index contributed by atoms with van der Waals surface area (Å²) in [5, 5.41) is 14.4. The van der Waals surface area contributed by atoms with Crippen molar-refractivity contribution in [3.63, 3.8) is 0 Å². The van der Waals surface area contributed by atoms with Crippen molar-refractivity contribution in [2.75, 3.05) is 20.3 Å². The highest BCUT2D eigenvalue weighted by Gasteiger charge is 2.22. The highest BCUT2D eigenvalue weighted by atomic mass is 16.5. The Hall–Kier alpha value is -2.12. The monoisotopic (exact) mass is 281 g/mol. The third-order valence-electron chi connectivity index (χ3n) is 2.55. The molecule has 0 spiro atoms. The van der Waals surface area contributed by atoms with Gasteiger partial charge in [0.05, 0.1) is 12.7 Å². The van der Waals surface area contributed by atoms with Gasteiger partial charge in [0.1, 0.15) is 6.04 Å². The van der Waals surface area contributed by atoms with Gasteiger partial charge in [0.15, 0.2) is 0 Å². The summed E-state index contributed by atoms with van der Waals surface area (Å²) in [6, 6.07) is 6.99. The van der Waals surface area contributed by atoms with Crippen LogP contribution in [0.4, 0.5) is 4.79 Å². The fraction of sp³-hybridized carbons (Fsp3) is 0.385. The summed E-state index contributed by atoms with van der Waals surface area (Å²) in [5.74, 6) is -0.454. The fourth-order valence-electron chi connectivity index (χ4n) is 1.66. The molecule has 0 heterocycles. The van der Waals surface area contributed by atoms with Crippen molar-refractivity contribution in [1.82, 2.24) is 10.6 Å². The standard InChI is InChI=1S/C13H19N3O4/c1-20-8-10(17)7-15-12(18)11(16-13(14)19)9-5-3-2-4-6-9/h2-6,10-11,17H,7-8H2,1H3,(H,15,18)(H3,14,16,19). The predicted molar refractivity (Wildman–Crippen MR) is 72.8 cm³/mol. The van der Waals surface area contributed by atoms with E-state index in [1.807, 2.05) is 0 Å². The number of rotatable bonds is 7. The molecule has 20 heavy (non-hydrogen) atoms. The molecule has 3 amide bonds. The number of urea groups is 1. The summed E-state index contributed by atoms with van der Waals surface area (Å²) < 4.78 is 4.75. The van der Waals surface area contributed by atoms with E-state index in [1.54, 1.807) is 30.3 Å². The van der Waals surface area contributed by atoms with Gasteiger partial charge in [-0.1, -0.05) is 30.3 Å². The zero-order chi connectivity index (χ0) is 15.0. The number of aliphatic hydroxyl groups excluding tert-OH is 1. The SMILES string of the molecule is COCC(O)CNC(=O)C(NC(N)=O)c1ccccc1. The van der Waals surface area contributed by atoms with E-state index in [-0.39, 0.29) is 13.2 Å². The zero-order valence-corrected chi connectivity index (χ0v) is 11.2. The number of carbonyl (C=O) groups excluding carboxylic acids is 2. The normalized spacial score (nSPS) is 13.3. The molecule has 1 rings (SSSR count). The van der Waals surface area contributed by atoms with Crippen molar-refractivity contribution in [2.24, 2.45) is 5.73 Å². The van der Waals surface area contributed by atoms with E-state index >= 15 is 0 Å². The molecule has 7 nitrogen and oxygen atoms in total. The van der Waals surface area contributed by atoms with Crippen molar-refractivity contribution in [3.8, 4) is 0 Å². The van der Waals surface area contributed by atoms with E-state index < -0.39 is 24.1 Å². The molecule has 0 aliphatic rings. The molecule has 0 radical (unpaired) electrons. The number of nitrogens with one attached hydrogen (secondary N) is 2. The molecule has 1 aromatic carbocycles. The molecule has 110 valence electrons. The van der Waals surface area contributed by atoms with E-state index in [2.05, 4.69) is 10.6 Å². The first-order valence-corrected chi connectivity index (χ1v) is 6.10. The van der Waals surface area contributed by atoms with Crippen LogP contribution in [-0.2, 0) is 9.53 Å². The minimum absolute atomic E-state index is 0.0243. The number of primary amides is 1. The Balaban J connectivity index is 2.68. The number of amides is 3. The fourth-order valence-corrected chi connectivity index (χ4v) is 1.66. The average molecular weight is 281 g/mol. The summed E-state index contributed by atoms with van der Waals surface area (Å²) in [5.41, 5.74) is 5.67. The number of hydrogen-bond acceptors (Lipinski definition) is 4. The topological polar surface area (TPSA) is 114 Å². The largest absolute Gasteiger partial charge is 0.389 e. The van der Waals surface area contributed by atoms with Gasteiger partial charge in [-0.3, -0.25) is 4.79 Å². The summed E-state index contributed by atoms with van der Waals surface area (Å²) in [7, 11) is 1.45. The average Bonchev–Trinajstić information content (AvgIpc) is 2.43. The van der Waals surface area contributed by atoms with Crippen molar-refractivity contribution in [1.29, 1.82) is 0 Å². The van der Waals surface area contributed by atoms with Crippen molar-refractivity contribution in [3.05, 3.63) is 35.9 Å². The zero-order valence-electron chi connectivity index (χ0n) is 11.2. The van der Waals surface area contributed by atoms with Crippen LogP contribution in [0.5, 0.6) is 0 Å². The minimum Gasteiger partial charge on any atom is -0.389 e. The van der Waals surface area contributed by atoms with Crippen LogP contribution in [0.1, 0.15) is 11.6 Å². The van der Waals surface area contributed by atoms with Crippen LogP contribution in [0.15, 0.2) is 30.3 Å². The second kappa shape index (κ2) is 8.13. The van der Waals surface area contributed by atoms with Crippen LogP contribution in [0.3, 0.4) is 0 Å². The predicted octanol–water partition coefficient (Wildman–Crippen LogP) is -0.480. The molecule has 0 saturated carbocycles. The molecule has 0 fully saturated rings. The molecule has 0 aromatic heterocycles. The van der Waals surface area contributed by atoms with Crippen LogP contribution >= 0.6 is 0 Å². The minimum atomic E-state index is -0.900. The second-order valence-corrected chi connectivity index (χ2v) is 4.21. The quantitative estimate of drug-likeness (QED) is 0.540. The third kappa shape index (κ3) is 5.25. The van der Waals surface area contributed by atoms with Gasteiger partial charge in [-0.2, -0.15) is 0 Å². The molecular formula is C13H19N3O4. The Labute approximate surface area is 117 Å². The first kappa shape index (κ1) is 15.9. The molecule has 5 N–H and O–H groups in total. The molecule has 0 aliphatic carbocycles. The number of aliphatic hydroxyl groups is 1. The maximum absolute atomic E-state index is 12.1. The van der Waals surface area contributed by atoms with Gasteiger partial charge in [0.2, 0.25) is 5.91 Å². The number of hydrogen-bond donors (Lipinski definition) is 4. The maximum Gasteiger partial charge on any atom is 0.313 e. The molecule has 1 aromatic rings. The highest BCUT2D eigenvalue weighted by Crippen LogP contribution is 2.12. The third-order valence-corrected chi connectivity index (χ3v) is 2.55. The summed E-state index contributed by atoms with van der Waals surface area (Å²) in [4.78, 5) is 23.0. The summed E-state index contributed by atoms with van der Waals surface area (Å²) in [6.07, 6.45) is -0.811. The summed E-state index contributed by atoms with van der Waals surface area (Å²) in [6.45, 7) is 0.135. The van der Waals surface area contributed by atoms with Gasteiger partial charge in [0, 0.05) is 13.7 Å². The van der Waals surface area contributed by atoms with Crippen molar-refractivity contribution in [2.45, 2.75) is 12.1 Å². The van der Waals surface area contributed by atoms with Crippen LogP contribution in [0, 0.1) is 0 Å². The Kier molecular flexibility index (Phi) is 6.48. The Bertz CT molecular complexity index is 439. The molecular weight excluding hydrogens is 262 g/mol. The van der Waals surface area contributed by atoms with Gasteiger partial charge in [-0.05, 0) is 5.56 Å². The van der Waals surface area contributed by atoms with Gasteiger partial charge >= 0.3 is 6.03 Å². The van der Waals surface area contributed by atoms with Crippen LogP contribution in [0.2, 0.25) is 0 Å². The molecule has 0 bridgehead atoms. The Morgan fingerprint density at radius 1 is 1.35 bits per heavy atom. The lowest BCUT2D eigenvalue weighted by molar-refractivity contribution is -0.123. The molecule has 0 aliphatic heterocycles. The number of carbonyl (C=O) groups is 2. The number of nitrogens with two attached hydrogens (primary N) is 1. The van der Waals surface area contributed by atoms with Gasteiger partial charge < -0.3 is 26.2 Å². The second-order valence-electron chi connectivity index (χ2n) is 4.21. The van der Waals surface area contributed by atoms with Crippen LogP contribution in [-0.4, -0.2) is 43.4 Å². The van der Waals surface area contributed by atoms with E-state index in [0.29, 0.717) is 5.56 Å². The Morgan fingerprint density at radius 3 is 2.55 bits per heavy atom. The maximum atomic E-state index is 12.1. The van der Waals surface area contributed by atoms with Crippen molar-refractivity contribution >= 4 is 11.9 Å². The molecule has 7 heteroatoms. The smallest absolute Gasteiger partial charge is 0.313 e. The van der Waals surface area contributed by atoms with E-state index in [4.69, 9.17) is 10.5 Å². The lowest BCUT2D eigenvalue weighted by Gasteiger charge is -2.19. The van der Waals surface area contributed by atoms with E-state index in [0.717, 1.165) is 0 Å². The molecule has 2 atom stereocenters. The van der Waals surface area contributed by atoms with Gasteiger partial charge in [-0.25, -0.2) is 4.79 Å².